The van der Waals surface area contributed by atoms with Gasteiger partial charge in [0.25, 0.3) is 5.79 Å². The second-order valence-electron chi connectivity index (χ2n) is 9.76. The molecule has 0 aliphatic carbocycles. The molecule has 0 radical (unpaired) electrons. The van der Waals surface area contributed by atoms with E-state index in [9.17, 15) is 19.2 Å². The molecule has 0 amide bonds. The molecular weight excluding hydrogens is 400 g/mol. The number of hydrogen-bond acceptors (Lipinski definition) is 7. The molecule has 0 bridgehead atoms. The minimum atomic E-state index is -1.43. The summed E-state index contributed by atoms with van der Waals surface area (Å²) in [5.41, 5.74) is -0.408. The van der Waals surface area contributed by atoms with Crippen molar-refractivity contribution in [3.05, 3.63) is 0 Å². The fourth-order valence-corrected chi connectivity index (χ4v) is 3.50. The first-order valence-electron chi connectivity index (χ1n) is 11.6. The molecule has 178 valence electrons. The van der Waals surface area contributed by atoms with Crippen molar-refractivity contribution in [1.29, 1.82) is 0 Å². The highest BCUT2D eigenvalue weighted by molar-refractivity contribution is 6.15. The molecule has 0 aromatic carbocycles. The predicted molar refractivity (Wildman–Crippen MR) is 116 cm³/mol. The van der Waals surface area contributed by atoms with E-state index < -0.39 is 35.0 Å². The smallest absolute Gasteiger partial charge is 0.331 e. The average Bonchev–Trinajstić information content (AvgIpc) is 2.59. The van der Waals surface area contributed by atoms with Gasteiger partial charge in [0.1, 0.15) is 5.60 Å². The van der Waals surface area contributed by atoms with Gasteiger partial charge in [0.05, 0.1) is 0 Å². The molecule has 1 fully saturated rings. The molecule has 1 rings (SSSR count). The summed E-state index contributed by atoms with van der Waals surface area (Å²) in [4.78, 5) is 47.6. The summed E-state index contributed by atoms with van der Waals surface area (Å²) < 4.78 is 15.3. The van der Waals surface area contributed by atoms with Gasteiger partial charge in [-0.05, 0) is 33.6 Å². The molecular formula is C24H40O7. The quantitative estimate of drug-likeness (QED) is 0.212. The fourth-order valence-electron chi connectivity index (χ4n) is 3.50. The summed E-state index contributed by atoms with van der Waals surface area (Å²) in [6.07, 6.45) is 10.9. The monoisotopic (exact) mass is 440 g/mol. The van der Waals surface area contributed by atoms with Crippen LogP contribution in [0.4, 0.5) is 0 Å². The number of rotatable bonds is 14. The maximum atomic E-state index is 12.2. The number of Topliss-reactive ketones (excluding diaryl/α,β-unsaturated/α-hetero) is 1. The second-order valence-corrected chi connectivity index (χ2v) is 9.76. The summed E-state index contributed by atoms with van der Waals surface area (Å²) in [5.74, 6) is -4.88. The van der Waals surface area contributed by atoms with Crippen LogP contribution in [-0.2, 0) is 33.4 Å². The van der Waals surface area contributed by atoms with Crippen LogP contribution in [0.2, 0.25) is 0 Å². The number of hydrogen-bond donors (Lipinski definition) is 0. The molecule has 1 aliphatic rings. The maximum absolute atomic E-state index is 12.2. The molecule has 0 aromatic rings. The Balaban J connectivity index is 1.98. The van der Waals surface area contributed by atoms with E-state index in [1.54, 1.807) is 0 Å². The molecule has 0 saturated carbocycles. The van der Waals surface area contributed by atoms with Crippen molar-refractivity contribution in [2.45, 2.75) is 123 Å². The summed E-state index contributed by atoms with van der Waals surface area (Å²) in [6, 6.07) is 0. The lowest BCUT2D eigenvalue weighted by atomic mass is 9.97. The zero-order valence-electron chi connectivity index (χ0n) is 19.9. The number of cyclic esters (lactones) is 2. The third-order valence-corrected chi connectivity index (χ3v) is 4.96. The Hall–Kier alpha value is -1.92. The van der Waals surface area contributed by atoms with E-state index in [-0.39, 0.29) is 12.4 Å². The van der Waals surface area contributed by atoms with Crippen LogP contribution >= 0.6 is 0 Å². The van der Waals surface area contributed by atoms with Crippen LogP contribution in [0.3, 0.4) is 0 Å². The summed E-state index contributed by atoms with van der Waals surface area (Å²) in [7, 11) is 0. The Morgan fingerprint density at radius 1 is 0.774 bits per heavy atom. The van der Waals surface area contributed by atoms with E-state index in [0.717, 1.165) is 51.4 Å². The zero-order chi connectivity index (χ0) is 23.5. The molecule has 0 spiro atoms. The SMILES string of the molecule is CC(C)(C)OC(=O)CCCCCCCCCCCCC(=O)C1C(=O)OC(C)(C)OC1=O. The van der Waals surface area contributed by atoms with Crippen LogP contribution < -0.4 is 0 Å². The standard InChI is InChI=1S/C24H40O7/c1-23(2,3)29-19(26)17-15-13-11-9-7-6-8-10-12-14-16-18(25)20-21(27)30-24(4,5)31-22(20)28/h20H,6-17H2,1-5H3. The highest BCUT2D eigenvalue weighted by Gasteiger charge is 2.46. The van der Waals surface area contributed by atoms with Crippen LogP contribution in [0.15, 0.2) is 0 Å². The third kappa shape index (κ3) is 11.9. The normalized spacial score (nSPS) is 16.5. The van der Waals surface area contributed by atoms with Crippen LogP contribution in [-0.4, -0.2) is 35.1 Å². The van der Waals surface area contributed by atoms with Gasteiger partial charge in [-0.25, -0.2) is 0 Å². The van der Waals surface area contributed by atoms with E-state index in [1.165, 1.54) is 20.3 Å². The van der Waals surface area contributed by atoms with Gasteiger partial charge in [-0.1, -0.05) is 51.4 Å². The Morgan fingerprint density at radius 2 is 1.16 bits per heavy atom. The minimum absolute atomic E-state index is 0.118. The lowest BCUT2D eigenvalue weighted by Gasteiger charge is -2.32. The molecule has 0 unspecified atom stereocenters. The van der Waals surface area contributed by atoms with Crippen LogP contribution in [0.25, 0.3) is 0 Å². The van der Waals surface area contributed by atoms with Crippen molar-refractivity contribution in [3.63, 3.8) is 0 Å². The van der Waals surface area contributed by atoms with Crippen molar-refractivity contribution in [3.8, 4) is 0 Å². The number of ether oxygens (including phenoxy) is 3. The first-order valence-corrected chi connectivity index (χ1v) is 11.6. The van der Waals surface area contributed by atoms with Gasteiger partial charge in [0.2, 0.25) is 5.92 Å². The number of esters is 3. The number of ketones is 1. The van der Waals surface area contributed by atoms with Crippen LogP contribution in [0, 0.1) is 5.92 Å². The van der Waals surface area contributed by atoms with Gasteiger partial charge in [-0.2, -0.15) is 0 Å². The van der Waals surface area contributed by atoms with Crippen LogP contribution in [0.5, 0.6) is 0 Å². The van der Waals surface area contributed by atoms with E-state index in [4.69, 9.17) is 14.2 Å². The van der Waals surface area contributed by atoms with Crippen molar-refractivity contribution >= 4 is 23.7 Å². The molecule has 1 heterocycles. The Morgan fingerprint density at radius 3 is 1.58 bits per heavy atom. The topological polar surface area (TPSA) is 96.0 Å². The van der Waals surface area contributed by atoms with Gasteiger partial charge in [-0.3, -0.25) is 19.2 Å². The Kier molecular flexibility index (Phi) is 11.2. The molecule has 0 N–H and O–H groups in total. The first kappa shape index (κ1) is 27.1. The number of unbranched alkanes of at least 4 members (excludes halogenated alkanes) is 9. The highest BCUT2D eigenvalue weighted by atomic mass is 16.7. The highest BCUT2D eigenvalue weighted by Crippen LogP contribution is 2.25. The van der Waals surface area contributed by atoms with E-state index in [0.29, 0.717) is 12.8 Å². The molecule has 7 heteroatoms. The Bertz CT molecular complexity index is 596. The first-order chi connectivity index (χ1) is 14.4. The largest absolute Gasteiger partial charge is 0.460 e. The van der Waals surface area contributed by atoms with Crippen LogP contribution in [0.1, 0.15) is 112 Å². The minimum Gasteiger partial charge on any atom is -0.460 e. The molecule has 1 aliphatic heterocycles. The van der Waals surface area contributed by atoms with Crippen molar-refractivity contribution in [1.82, 2.24) is 0 Å². The van der Waals surface area contributed by atoms with Gasteiger partial charge in [0.15, 0.2) is 5.78 Å². The molecule has 31 heavy (non-hydrogen) atoms. The van der Waals surface area contributed by atoms with E-state index in [2.05, 4.69) is 0 Å². The summed E-state index contributed by atoms with van der Waals surface area (Å²) >= 11 is 0. The molecule has 1 saturated heterocycles. The van der Waals surface area contributed by atoms with E-state index in [1.807, 2.05) is 20.8 Å². The van der Waals surface area contributed by atoms with Gasteiger partial charge in [-0.15, -0.1) is 0 Å². The number of carbonyl (C=O) groups excluding carboxylic acids is 4. The summed E-state index contributed by atoms with van der Waals surface area (Å²) in [6.45, 7) is 8.57. The van der Waals surface area contributed by atoms with Gasteiger partial charge < -0.3 is 14.2 Å². The molecule has 0 aromatic heterocycles. The zero-order valence-corrected chi connectivity index (χ0v) is 19.9. The molecule has 7 nitrogen and oxygen atoms in total. The van der Waals surface area contributed by atoms with Gasteiger partial charge in [0, 0.05) is 26.7 Å². The lowest BCUT2D eigenvalue weighted by Crippen LogP contribution is -2.49. The Labute approximate surface area is 186 Å². The summed E-state index contributed by atoms with van der Waals surface area (Å²) in [5, 5.41) is 0. The van der Waals surface area contributed by atoms with Crippen molar-refractivity contribution < 1.29 is 33.4 Å². The lowest BCUT2D eigenvalue weighted by molar-refractivity contribution is -0.238. The van der Waals surface area contributed by atoms with Crippen molar-refractivity contribution in [2.75, 3.05) is 0 Å². The number of carbonyl (C=O) groups is 4. The average molecular weight is 441 g/mol. The fraction of sp³-hybridized carbons (Fsp3) is 0.833. The van der Waals surface area contributed by atoms with Crippen molar-refractivity contribution in [2.24, 2.45) is 5.92 Å². The predicted octanol–water partition coefficient (Wildman–Crippen LogP) is 5.03. The second kappa shape index (κ2) is 12.8. The maximum Gasteiger partial charge on any atom is 0.331 e. The van der Waals surface area contributed by atoms with E-state index >= 15 is 0 Å². The third-order valence-electron chi connectivity index (χ3n) is 4.96. The molecule has 0 atom stereocenters. The van der Waals surface area contributed by atoms with Gasteiger partial charge >= 0.3 is 17.9 Å².